The second-order valence-electron chi connectivity index (χ2n) is 5.68. The van der Waals surface area contributed by atoms with Crippen LogP contribution in [0.5, 0.6) is 0 Å². The van der Waals surface area contributed by atoms with Crippen molar-refractivity contribution in [1.82, 2.24) is 0 Å². The van der Waals surface area contributed by atoms with Gasteiger partial charge in [0.2, 0.25) is 0 Å². The third-order valence-electron chi connectivity index (χ3n) is 4.17. The zero-order valence-corrected chi connectivity index (χ0v) is 11.1. The van der Waals surface area contributed by atoms with Crippen LogP contribution < -0.4 is 5.73 Å². The molecule has 0 saturated heterocycles. The van der Waals surface area contributed by atoms with E-state index in [4.69, 9.17) is 5.73 Å². The van der Waals surface area contributed by atoms with Crippen molar-refractivity contribution in [3.63, 3.8) is 0 Å². The normalized spacial score (nSPS) is 31.1. The summed E-state index contributed by atoms with van der Waals surface area (Å²) in [4.78, 5) is 0. The molecule has 3 N–H and O–H groups in total. The van der Waals surface area contributed by atoms with E-state index in [0.717, 1.165) is 12.1 Å². The second-order valence-corrected chi connectivity index (χ2v) is 5.68. The molecule has 0 bridgehead atoms. The lowest BCUT2D eigenvalue weighted by molar-refractivity contribution is -0.0653. The molecule has 0 radical (unpaired) electrons. The zero-order chi connectivity index (χ0) is 15.9. The number of nitrogens with two attached hydrogens (primary N) is 1. The summed E-state index contributed by atoms with van der Waals surface area (Å²) in [5.41, 5.74) is 0.781. The van der Waals surface area contributed by atoms with Crippen LogP contribution in [0.4, 0.5) is 22.0 Å². The van der Waals surface area contributed by atoms with Crippen molar-refractivity contribution in [2.24, 2.45) is 11.7 Å². The van der Waals surface area contributed by atoms with Gasteiger partial charge in [0.15, 0.2) is 0 Å². The van der Waals surface area contributed by atoms with Crippen molar-refractivity contribution in [2.75, 3.05) is 13.3 Å². The fraction of sp³-hybridized carbons (Fsp3) is 0.571. The van der Waals surface area contributed by atoms with Crippen molar-refractivity contribution in [2.45, 2.75) is 29.9 Å². The maximum atomic E-state index is 13.9. The van der Waals surface area contributed by atoms with E-state index in [1.165, 1.54) is 12.1 Å². The van der Waals surface area contributed by atoms with Crippen LogP contribution >= 0.6 is 0 Å². The SMILES string of the molecule is N[C@](CF)(c1ccccc1F)[C@@H]1CC(F)(F)C[C@@]1(O)CF. The Hall–Kier alpha value is -1.21. The van der Waals surface area contributed by atoms with Crippen molar-refractivity contribution >= 4 is 0 Å². The van der Waals surface area contributed by atoms with Gasteiger partial charge in [0.05, 0.1) is 5.54 Å². The Morgan fingerprint density at radius 1 is 1.29 bits per heavy atom. The Kier molecular flexibility index (Phi) is 4.01. The topological polar surface area (TPSA) is 46.2 Å². The van der Waals surface area contributed by atoms with Crippen LogP contribution in [0.3, 0.4) is 0 Å². The van der Waals surface area contributed by atoms with Gasteiger partial charge in [-0.2, -0.15) is 0 Å². The monoisotopic (exact) mass is 309 g/mol. The Labute approximate surface area is 118 Å². The minimum absolute atomic E-state index is 0.345. The Balaban J connectivity index is 2.52. The molecule has 7 heteroatoms. The van der Waals surface area contributed by atoms with E-state index in [1.807, 2.05) is 0 Å². The Bertz CT molecular complexity index is 526. The molecule has 118 valence electrons. The molecule has 21 heavy (non-hydrogen) atoms. The maximum Gasteiger partial charge on any atom is 0.251 e. The molecule has 1 aliphatic carbocycles. The second kappa shape index (κ2) is 5.21. The van der Waals surface area contributed by atoms with E-state index in [1.54, 1.807) is 0 Å². The molecule has 2 rings (SSSR count). The van der Waals surface area contributed by atoms with Gasteiger partial charge in [0, 0.05) is 24.3 Å². The molecule has 0 spiro atoms. The average molecular weight is 309 g/mol. The van der Waals surface area contributed by atoms with Gasteiger partial charge in [-0.1, -0.05) is 18.2 Å². The summed E-state index contributed by atoms with van der Waals surface area (Å²) in [5, 5.41) is 10.1. The molecule has 1 aliphatic rings. The lowest BCUT2D eigenvalue weighted by Gasteiger charge is -2.40. The highest BCUT2D eigenvalue weighted by molar-refractivity contribution is 5.29. The molecule has 0 aliphatic heterocycles. The number of hydrogen-bond acceptors (Lipinski definition) is 2. The molecule has 1 aromatic carbocycles. The summed E-state index contributed by atoms with van der Waals surface area (Å²) in [6.07, 6.45) is -2.16. The highest BCUT2D eigenvalue weighted by Crippen LogP contribution is 2.52. The molecule has 3 atom stereocenters. The number of alkyl halides is 4. The molecule has 1 aromatic rings. The maximum absolute atomic E-state index is 13.9. The van der Waals surface area contributed by atoms with Gasteiger partial charge in [-0.3, -0.25) is 0 Å². The van der Waals surface area contributed by atoms with Crippen LogP contribution in [-0.4, -0.2) is 30.0 Å². The molecule has 0 aromatic heterocycles. The average Bonchev–Trinajstić information content (AvgIpc) is 2.69. The van der Waals surface area contributed by atoms with Crippen LogP contribution in [0.1, 0.15) is 18.4 Å². The van der Waals surface area contributed by atoms with Gasteiger partial charge >= 0.3 is 0 Å². The van der Waals surface area contributed by atoms with Gasteiger partial charge in [-0.25, -0.2) is 22.0 Å². The molecular weight excluding hydrogens is 293 g/mol. The summed E-state index contributed by atoms with van der Waals surface area (Å²) < 4.78 is 67.6. The number of hydrogen-bond donors (Lipinski definition) is 2. The summed E-state index contributed by atoms with van der Waals surface area (Å²) in [5.74, 6) is -5.89. The van der Waals surface area contributed by atoms with Gasteiger partial charge in [-0.15, -0.1) is 0 Å². The lowest BCUT2D eigenvalue weighted by Crippen LogP contribution is -2.55. The Morgan fingerprint density at radius 3 is 2.43 bits per heavy atom. The first kappa shape index (κ1) is 16.2. The van der Waals surface area contributed by atoms with Gasteiger partial charge in [0.1, 0.15) is 24.8 Å². The highest BCUT2D eigenvalue weighted by atomic mass is 19.3. The molecule has 0 unspecified atom stereocenters. The molecule has 0 amide bonds. The summed E-state index contributed by atoms with van der Waals surface area (Å²) in [6.45, 7) is -2.89. The number of rotatable bonds is 4. The van der Waals surface area contributed by atoms with Crippen molar-refractivity contribution in [1.29, 1.82) is 0 Å². The molecular formula is C14H16F5NO. The predicted octanol–water partition coefficient (Wildman–Crippen LogP) is 2.70. The van der Waals surface area contributed by atoms with Gasteiger partial charge in [-0.05, 0) is 6.07 Å². The molecule has 1 fully saturated rings. The van der Waals surface area contributed by atoms with Crippen molar-refractivity contribution in [3.05, 3.63) is 35.6 Å². The first-order chi connectivity index (χ1) is 9.68. The minimum atomic E-state index is -3.38. The first-order valence-electron chi connectivity index (χ1n) is 6.44. The largest absolute Gasteiger partial charge is 0.387 e. The number of halogens is 5. The quantitative estimate of drug-likeness (QED) is 0.840. The lowest BCUT2D eigenvalue weighted by atomic mass is 9.72. The van der Waals surface area contributed by atoms with Crippen LogP contribution in [0.2, 0.25) is 0 Å². The van der Waals surface area contributed by atoms with E-state index in [9.17, 15) is 27.1 Å². The first-order valence-corrected chi connectivity index (χ1v) is 6.44. The fourth-order valence-corrected chi connectivity index (χ4v) is 3.13. The van der Waals surface area contributed by atoms with E-state index < -0.39 is 55.0 Å². The third-order valence-corrected chi connectivity index (χ3v) is 4.17. The van der Waals surface area contributed by atoms with Crippen LogP contribution in [0.15, 0.2) is 24.3 Å². The number of aliphatic hydroxyl groups is 1. The Morgan fingerprint density at radius 2 is 1.90 bits per heavy atom. The van der Waals surface area contributed by atoms with E-state index in [2.05, 4.69) is 0 Å². The molecule has 1 saturated carbocycles. The van der Waals surface area contributed by atoms with E-state index in [-0.39, 0.29) is 5.56 Å². The molecule has 2 nitrogen and oxygen atoms in total. The fourth-order valence-electron chi connectivity index (χ4n) is 3.13. The standard InChI is InChI=1S/C14H16F5NO/c15-7-12(21)6-13(18,19)5-11(12)14(20,8-16)9-3-1-2-4-10(9)17/h1-4,11,21H,5-8,20H2/t11-,12-,14-/m1/s1. The number of benzene rings is 1. The smallest absolute Gasteiger partial charge is 0.251 e. The summed E-state index contributed by atoms with van der Waals surface area (Å²) in [6, 6.07) is 4.87. The van der Waals surface area contributed by atoms with Crippen molar-refractivity contribution < 1.29 is 27.1 Å². The van der Waals surface area contributed by atoms with E-state index in [0.29, 0.717) is 0 Å². The third kappa shape index (κ3) is 2.64. The molecule has 0 heterocycles. The minimum Gasteiger partial charge on any atom is -0.387 e. The summed E-state index contributed by atoms with van der Waals surface area (Å²) >= 11 is 0. The van der Waals surface area contributed by atoms with Crippen molar-refractivity contribution in [3.8, 4) is 0 Å². The van der Waals surface area contributed by atoms with Crippen LogP contribution in [-0.2, 0) is 5.54 Å². The van der Waals surface area contributed by atoms with Gasteiger partial charge in [0.25, 0.3) is 5.92 Å². The highest BCUT2D eigenvalue weighted by Gasteiger charge is 2.62. The van der Waals surface area contributed by atoms with E-state index >= 15 is 0 Å². The zero-order valence-electron chi connectivity index (χ0n) is 11.1. The summed E-state index contributed by atoms with van der Waals surface area (Å²) in [7, 11) is 0. The van der Waals surface area contributed by atoms with Gasteiger partial charge < -0.3 is 10.8 Å². The van der Waals surface area contributed by atoms with Crippen LogP contribution in [0, 0.1) is 11.7 Å². The predicted molar refractivity (Wildman–Crippen MR) is 66.8 cm³/mol. The van der Waals surface area contributed by atoms with Crippen LogP contribution in [0.25, 0.3) is 0 Å².